The number of nitrogens with one attached hydrogen (secondary N) is 1. The van der Waals surface area contributed by atoms with Crippen molar-refractivity contribution in [2.24, 2.45) is 5.92 Å². The van der Waals surface area contributed by atoms with Gasteiger partial charge in [0.15, 0.2) is 5.13 Å². The number of halogens is 2. The molecule has 0 aromatic carbocycles. The average Bonchev–Trinajstić information content (AvgIpc) is 3.43. The molecule has 4 heterocycles. The predicted molar refractivity (Wildman–Crippen MR) is 128 cm³/mol. The van der Waals surface area contributed by atoms with Gasteiger partial charge in [-0.25, -0.2) is 13.8 Å². The van der Waals surface area contributed by atoms with E-state index in [0.717, 1.165) is 69.0 Å². The maximum absolute atomic E-state index is 13.2. The second-order valence-electron chi connectivity index (χ2n) is 10.5. The minimum absolute atomic E-state index is 0.0570. The first-order valence-electron chi connectivity index (χ1n) is 12.3. The van der Waals surface area contributed by atoms with Crippen LogP contribution in [0.2, 0.25) is 0 Å². The van der Waals surface area contributed by atoms with Crippen LogP contribution in [0.15, 0.2) is 10.6 Å². The molecule has 0 spiro atoms. The fourth-order valence-corrected chi connectivity index (χ4v) is 6.37. The molecule has 35 heavy (non-hydrogen) atoms. The van der Waals surface area contributed by atoms with E-state index in [1.807, 2.05) is 0 Å². The first-order chi connectivity index (χ1) is 16.7. The van der Waals surface area contributed by atoms with E-state index in [1.165, 1.54) is 12.0 Å². The Morgan fingerprint density at radius 3 is 2.80 bits per heavy atom. The number of amides is 1. The van der Waals surface area contributed by atoms with Gasteiger partial charge in [-0.05, 0) is 63.1 Å². The second kappa shape index (κ2) is 9.65. The lowest BCUT2D eigenvalue weighted by Crippen LogP contribution is -2.56. The molecule has 0 radical (unpaired) electrons. The molecule has 1 aliphatic carbocycles. The van der Waals surface area contributed by atoms with E-state index in [0.29, 0.717) is 17.6 Å². The molecule has 2 fully saturated rings. The molecular formula is C24H33F2N5O3S. The van der Waals surface area contributed by atoms with E-state index < -0.39 is 5.92 Å². The van der Waals surface area contributed by atoms with Crippen LogP contribution < -0.4 is 15.0 Å². The van der Waals surface area contributed by atoms with Crippen molar-refractivity contribution >= 4 is 22.4 Å². The zero-order chi connectivity index (χ0) is 24.6. The van der Waals surface area contributed by atoms with Gasteiger partial charge in [0, 0.05) is 29.6 Å². The Hall–Kier alpha value is -2.27. The molecule has 1 saturated heterocycles. The Kier molecular flexibility index (Phi) is 6.73. The highest BCUT2D eigenvalue weighted by Gasteiger charge is 2.45. The van der Waals surface area contributed by atoms with Gasteiger partial charge in [0.25, 0.3) is 11.8 Å². The van der Waals surface area contributed by atoms with Crippen LogP contribution in [0.25, 0.3) is 0 Å². The van der Waals surface area contributed by atoms with Crippen molar-refractivity contribution < 1.29 is 22.8 Å². The molecule has 11 heteroatoms. The summed E-state index contributed by atoms with van der Waals surface area (Å²) >= 11 is 1.58. The minimum Gasteiger partial charge on any atom is -0.479 e. The predicted octanol–water partition coefficient (Wildman–Crippen LogP) is 3.65. The summed E-state index contributed by atoms with van der Waals surface area (Å²) < 4.78 is 36.5. The number of fused-ring (bicyclic) bond motifs is 1. The van der Waals surface area contributed by atoms with Gasteiger partial charge in [-0.1, -0.05) is 0 Å². The highest BCUT2D eigenvalue weighted by Crippen LogP contribution is 2.38. The van der Waals surface area contributed by atoms with Crippen LogP contribution in [-0.2, 0) is 24.2 Å². The monoisotopic (exact) mass is 509 g/mol. The summed E-state index contributed by atoms with van der Waals surface area (Å²) in [6, 6.07) is 1.64. The number of carbonyl (C=O) groups excluding carboxylic acids is 1. The highest BCUT2D eigenvalue weighted by atomic mass is 32.1. The van der Waals surface area contributed by atoms with Crippen LogP contribution in [0, 0.1) is 5.92 Å². The Bertz CT molecular complexity index is 1040. The number of ether oxygens (including phenoxy) is 1. The van der Waals surface area contributed by atoms with Gasteiger partial charge in [0.05, 0.1) is 32.3 Å². The fraction of sp³-hybridized carbons (Fsp3) is 0.708. The van der Waals surface area contributed by atoms with Gasteiger partial charge in [0.2, 0.25) is 5.91 Å². The van der Waals surface area contributed by atoms with E-state index in [2.05, 4.69) is 27.3 Å². The lowest BCUT2D eigenvalue weighted by molar-refractivity contribution is -0.123. The quantitative estimate of drug-likeness (QED) is 0.582. The van der Waals surface area contributed by atoms with E-state index >= 15 is 0 Å². The van der Waals surface area contributed by atoms with Crippen LogP contribution in [0.3, 0.4) is 0 Å². The fourth-order valence-electron chi connectivity index (χ4n) is 5.32. The molecule has 2 aromatic heterocycles. The Balaban J connectivity index is 1.04. The van der Waals surface area contributed by atoms with Crippen LogP contribution in [-0.4, -0.2) is 65.7 Å². The van der Waals surface area contributed by atoms with E-state index in [4.69, 9.17) is 9.26 Å². The number of aromatic nitrogens is 2. The summed E-state index contributed by atoms with van der Waals surface area (Å²) in [7, 11) is 1.51. The molecule has 5 rings (SSSR count). The van der Waals surface area contributed by atoms with Crippen molar-refractivity contribution in [1.29, 1.82) is 0 Å². The van der Waals surface area contributed by atoms with Crippen molar-refractivity contribution in [3.8, 4) is 5.88 Å². The van der Waals surface area contributed by atoms with Gasteiger partial charge in [-0.3, -0.25) is 9.69 Å². The van der Waals surface area contributed by atoms with E-state index in [9.17, 15) is 13.6 Å². The van der Waals surface area contributed by atoms with Crippen molar-refractivity contribution in [2.75, 3.05) is 38.2 Å². The number of rotatable bonds is 8. The first kappa shape index (κ1) is 24.4. The highest BCUT2D eigenvalue weighted by molar-refractivity contribution is 7.15. The Labute approximate surface area is 208 Å². The number of hydrogen-bond acceptors (Lipinski definition) is 8. The van der Waals surface area contributed by atoms with Gasteiger partial charge < -0.3 is 19.5 Å². The third kappa shape index (κ3) is 5.77. The minimum atomic E-state index is -2.57. The lowest BCUT2D eigenvalue weighted by atomic mass is 9.76. The third-order valence-electron chi connectivity index (χ3n) is 7.50. The molecule has 192 valence electrons. The third-order valence-corrected chi connectivity index (χ3v) is 8.71. The molecule has 3 aliphatic rings. The van der Waals surface area contributed by atoms with Crippen molar-refractivity contribution in [2.45, 2.75) is 69.9 Å². The van der Waals surface area contributed by atoms with Gasteiger partial charge in [-0.2, -0.15) is 0 Å². The maximum Gasteiger partial charge on any atom is 0.282 e. The average molecular weight is 510 g/mol. The molecule has 1 amide bonds. The molecule has 2 aromatic rings. The standard InChI is InChI=1S/C24H33F2N5O3S/c1-23(28-20(32)11-17-12-21(33-2)29-34-17)7-3-16(4-8-23)5-9-30-10-6-19-18(13-30)27-22(35-19)31-14-24(25,26)15-31/h12,16H,3-11,13-15H2,1-2H3,(H,28,32). The van der Waals surface area contributed by atoms with Crippen molar-refractivity contribution in [1.82, 2.24) is 20.4 Å². The molecule has 0 atom stereocenters. The van der Waals surface area contributed by atoms with Crippen LogP contribution in [0.5, 0.6) is 5.88 Å². The lowest BCUT2D eigenvalue weighted by Gasteiger charge is -2.39. The summed E-state index contributed by atoms with van der Waals surface area (Å²) in [5.41, 5.74) is 0.873. The number of methoxy groups -OCH3 is 1. The summed E-state index contributed by atoms with van der Waals surface area (Å²) in [5.74, 6) is -1.10. The topological polar surface area (TPSA) is 83.7 Å². The molecule has 8 nitrogen and oxygen atoms in total. The number of anilines is 1. The second-order valence-corrected chi connectivity index (χ2v) is 11.5. The Morgan fingerprint density at radius 1 is 1.34 bits per heavy atom. The van der Waals surface area contributed by atoms with Crippen molar-refractivity contribution in [3.63, 3.8) is 0 Å². The molecule has 0 bridgehead atoms. The molecule has 2 aliphatic heterocycles. The number of thiazole rings is 1. The summed E-state index contributed by atoms with van der Waals surface area (Å²) in [4.78, 5) is 22.6. The zero-order valence-electron chi connectivity index (χ0n) is 20.3. The van der Waals surface area contributed by atoms with E-state index in [1.54, 1.807) is 22.3 Å². The number of carbonyl (C=O) groups is 1. The summed E-state index contributed by atoms with van der Waals surface area (Å²) in [6.07, 6.45) is 6.35. The summed E-state index contributed by atoms with van der Waals surface area (Å²) in [5, 5.41) is 7.69. The molecule has 0 unspecified atom stereocenters. The molecule has 1 N–H and O–H groups in total. The van der Waals surface area contributed by atoms with Crippen molar-refractivity contribution in [3.05, 3.63) is 22.4 Å². The summed E-state index contributed by atoms with van der Waals surface area (Å²) in [6.45, 7) is 4.54. The molecule has 1 saturated carbocycles. The SMILES string of the molecule is COc1cc(CC(=O)NC2(C)CCC(CCN3CCc4sc(N5CC(F)(F)C5)nc4C3)CC2)on1. The maximum atomic E-state index is 13.2. The Morgan fingerprint density at radius 2 is 2.11 bits per heavy atom. The normalized spacial score (nSPS) is 26.2. The van der Waals surface area contributed by atoms with Gasteiger partial charge in [-0.15, -0.1) is 11.3 Å². The van der Waals surface area contributed by atoms with Crippen LogP contribution in [0.4, 0.5) is 13.9 Å². The number of alkyl halides is 2. The van der Waals surface area contributed by atoms with Gasteiger partial charge in [0.1, 0.15) is 5.76 Å². The smallest absolute Gasteiger partial charge is 0.282 e. The molecular weight excluding hydrogens is 476 g/mol. The van der Waals surface area contributed by atoms with E-state index in [-0.39, 0.29) is 31.0 Å². The zero-order valence-corrected chi connectivity index (χ0v) is 21.1. The number of hydrogen-bond donors (Lipinski definition) is 1. The van der Waals surface area contributed by atoms with Crippen LogP contribution in [0.1, 0.15) is 55.4 Å². The van der Waals surface area contributed by atoms with Gasteiger partial charge >= 0.3 is 0 Å². The largest absolute Gasteiger partial charge is 0.479 e. The first-order valence-corrected chi connectivity index (χ1v) is 13.2. The number of nitrogens with zero attached hydrogens (tertiary/aromatic N) is 4. The van der Waals surface area contributed by atoms with Crippen LogP contribution >= 0.6 is 11.3 Å².